The number of aryl methyl sites for hydroxylation is 1. The first-order valence-electron chi connectivity index (χ1n) is 3.90. The van der Waals surface area contributed by atoms with Crippen LogP contribution in [0.25, 0.3) is 0 Å². The second-order valence-corrected chi connectivity index (χ2v) is 2.61. The van der Waals surface area contributed by atoms with Gasteiger partial charge in [0.1, 0.15) is 12.9 Å². The molecule has 0 heterocycles. The lowest BCUT2D eigenvalue weighted by Crippen LogP contribution is -1.97. The van der Waals surface area contributed by atoms with Crippen LogP contribution in [0.1, 0.15) is 11.1 Å². The van der Waals surface area contributed by atoms with Crippen LogP contribution in [0.15, 0.2) is 24.3 Å². The van der Waals surface area contributed by atoms with E-state index in [9.17, 15) is 4.79 Å². The van der Waals surface area contributed by atoms with E-state index in [1.165, 1.54) is 5.56 Å². The van der Waals surface area contributed by atoms with Crippen molar-refractivity contribution in [2.45, 2.75) is 13.5 Å². The number of carbonyl (C=O) groups is 1. The molecule has 64 valence electrons. The summed E-state index contributed by atoms with van der Waals surface area (Å²) in [6.07, 6.45) is 0.762. The Morgan fingerprint density at radius 1 is 1.42 bits per heavy atom. The number of benzene rings is 1. The third kappa shape index (κ3) is 2.47. The van der Waals surface area contributed by atoms with Crippen molar-refractivity contribution in [1.82, 2.24) is 0 Å². The topological polar surface area (TPSA) is 26.3 Å². The summed E-state index contributed by atoms with van der Waals surface area (Å²) in [5, 5.41) is 0. The van der Waals surface area contributed by atoms with Crippen LogP contribution in [0.5, 0.6) is 0 Å². The van der Waals surface area contributed by atoms with Crippen molar-refractivity contribution in [3.63, 3.8) is 0 Å². The highest BCUT2D eigenvalue weighted by molar-refractivity contribution is 5.50. The fraction of sp³-hybridized carbons (Fsp3) is 0.300. The first-order valence-corrected chi connectivity index (χ1v) is 3.90. The summed E-state index contributed by atoms with van der Waals surface area (Å²) in [6.45, 7) is 2.72. The molecule has 1 aromatic carbocycles. The smallest absolute Gasteiger partial charge is 0.145 e. The monoisotopic (exact) mass is 164 g/mol. The van der Waals surface area contributed by atoms with E-state index in [0.717, 1.165) is 11.8 Å². The van der Waals surface area contributed by atoms with Crippen LogP contribution in [0.4, 0.5) is 0 Å². The van der Waals surface area contributed by atoms with Gasteiger partial charge in [-0.25, -0.2) is 0 Å². The molecular formula is C10H12O2. The fourth-order valence-corrected chi connectivity index (χ4v) is 0.989. The summed E-state index contributed by atoms with van der Waals surface area (Å²) >= 11 is 0. The summed E-state index contributed by atoms with van der Waals surface area (Å²) in [6, 6.07) is 7.98. The van der Waals surface area contributed by atoms with Crippen LogP contribution in [-0.4, -0.2) is 12.9 Å². The van der Waals surface area contributed by atoms with Crippen LogP contribution in [0.3, 0.4) is 0 Å². The van der Waals surface area contributed by atoms with Crippen molar-refractivity contribution < 1.29 is 9.53 Å². The molecule has 0 saturated heterocycles. The second-order valence-electron chi connectivity index (χ2n) is 2.61. The van der Waals surface area contributed by atoms with Gasteiger partial charge in [-0.3, -0.25) is 0 Å². The summed E-state index contributed by atoms with van der Waals surface area (Å²) in [5.41, 5.74) is 2.34. The number of carbonyl (C=O) groups excluding carboxylic acids is 1. The molecule has 0 aliphatic carbocycles. The zero-order valence-electron chi connectivity index (χ0n) is 7.12. The summed E-state index contributed by atoms with van der Waals surface area (Å²) in [4.78, 5) is 9.95. The molecule has 0 atom stereocenters. The van der Waals surface area contributed by atoms with Gasteiger partial charge in [0.05, 0.1) is 6.61 Å². The molecule has 2 heteroatoms. The maximum Gasteiger partial charge on any atom is 0.145 e. The van der Waals surface area contributed by atoms with Crippen LogP contribution < -0.4 is 0 Å². The minimum atomic E-state index is 0.175. The molecule has 0 aliphatic rings. The van der Waals surface area contributed by atoms with E-state index in [2.05, 4.69) is 0 Å². The van der Waals surface area contributed by atoms with E-state index in [1.807, 2.05) is 31.2 Å². The summed E-state index contributed by atoms with van der Waals surface area (Å²) in [7, 11) is 0. The Hall–Kier alpha value is -1.15. The molecule has 0 N–H and O–H groups in total. The van der Waals surface area contributed by atoms with E-state index in [1.54, 1.807) is 0 Å². The highest BCUT2D eigenvalue weighted by Crippen LogP contribution is 2.07. The standard InChI is InChI=1S/C10H12O2/c1-9-4-2-3-5-10(9)8-12-7-6-11/h2-6H,7-8H2,1H3. The van der Waals surface area contributed by atoms with Gasteiger partial charge in [0.15, 0.2) is 0 Å². The number of hydrogen-bond donors (Lipinski definition) is 0. The van der Waals surface area contributed by atoms with Gasteiger partial charge in [-0.2, -0.15) is 0 Å². The zero-order chi connectivity index (χ0) is 8.81. The van der Waals surface area contributed by atoms with Crippen LogP contribution in [0.2, 0.25) is 0 Å². The third-order valence-electron chi connectivity index (χ3n) is 1.70. The first-order chi connectivity index (χ1) is 5.84. The van der Waals surface area contributed by atoms with Crippen molar-refractivity contribution in [2.75, 3.05) is 6.61 Å². The van der Waals surface area contributed by atoms with Gasteiger partial charge in [-0.05, 0) is 18.1 Å². The predicted octanol–water partition coefficient (Wildman–Crippen LogP) is 1.71. The van der Waals surface area contributed by atoms with E-state index >= 15 is 0 Å². The Balaban J connectivity index is 2.51. The van der Waals surface area contributed by atoms with E-state index in [-0.39, 0.29) is 6.61 Å². The van der Waals surface area contributed by atoms with Crippen LogP contribution >= 0.6 is 0 Å². The van der Waals surface area contributed by atoms with Gasteiger partial charge in [0.25, 0.3) is 0 Å². The third-order valence-corrected chi connectivity index (χ3v) is 1.70. The van der Waals surface area contributed by atoms with Gasteiger partial charge in [-0.1, -0.05) is 24.3 Å². The SMILES string of the molecule is Cc1ccccc1COCC=O. The maximum atomic E-state index is 9.95. The van der Waals surface area contributed by atoms with E-state index in [4.69, 9.17) is 4.74 Å². The summed E-state index contributed by atoms with van der Waals surface area (Å²) < 4.78 is 5.08. The Kier molecular flexibility index (Phi) is 3.48. The molecule has 0 aliphatic heterocycles. The molecule has 0 amide bonds. The Bertz CT molecular complexity index is 256. The molecule has 0 saturated carbocycles. The molecule has 0 spiro atoms. The molecule has 1 rings (SSSR count). The Morgan fingerprint density at radius 3 is 2.83 bits per heavy atom. The van der Waals surface area contributed by atoms with Crippen molar-refractivity contribution in [3.8, 4) is 0 Å². The van der Waals surface area contributed by atoms with E-state index < -0.39 is 0 Å². The fourth-order valence-electron chi connectivity index (χ4n) is 0.989. The average Bonchev–Trinajstić information content (AvgIpc) is 2.09. The zero-order valence-corrected chi connectivity index (χ0v) is 7.12. The van der Waals surface area contributed by atoms with Gasteiger partial charge in [0.2, 0.25) is 0 Å². The molecule has 2 nitrogen and oxygen atoms in total. The Morgan fingerprint density at radius 2 is 2.17 bits per heavy atom. The van der Waals surface area contributed by atoms with Crippen LogP contribution in [-0.2, 0) is 16.1 Å². The minimum Gasteiger partial charge on any atom is -0.369 e. The average molecular weight is 164 g/mol. The molecule has 0 radical (unpaired) electrons. The van der Waals surface area contributed by atoms with E-state index in [0.29, 0.717) is 6.61 Å². The normalized spacial score (nSPS) is 9.75. The van der Waals surface area contributed by atoms with Gasteiger partial charge < -0.3 is 9.53 Å². The predicted molar refractivity (Wildman–Crippen MR) is 46.9 cm³/mol. The lowest BCUT2D eigenvalue weighted by molar-refractivity contribution is -0.112. The first kappa shape index (κ1) is 8.94. The molecule has 0 fully saturated rings. The van der Waals surface area contributed by atoms with Crippen molar-refractivity contribution in [1.29, 1.82) is 0 Å². The second kappa shape index (κ2) is 4.67. The molecule has 0 bridgehead atoms. The highest BCUT2D eigenvalue weighted by Gasteiger charge is 1.95. The number of ether oxygens (including phenoxy) is 1. The molecule has 1 aromatic rings. The van der Waals surface area contributed by atoms with Gasteiger partial charge in [0, 0.05) is 0 Å². The van der Waals surface area contributed by atoms with Crippen molar-refractivity contribution in [3.05, 3.63) is 35.4 Å². The van der Waals surface area contributed by atoms with Crippen molar-refractivity contribution in [2.24, 2.45) is 0 Å². The largest absolute Gasteiger partial charge is 0.369 e. The lowest BCUT2D eigenvalue weighted by Gasteiger charge is -2.03. The molecule has 0 unspecified atom stereocenters. The summed E-state index contributed by atoms with van der Waals surface area (Å²) in [5.74, 6) is 0. The van der Waals surface area contributed by atoms with Gasteiger partial charge >= 0.3 is 0 Å². The Labute approximate surface area is 72.2 Å². The molecule has 12 heavy (non-hydrogen) atoms. The highest BCUT2D eigenvalue weighted by atomic mass is 16.5. The number of hydrogen-bond acceptors (Lipinski definition) is 2. The molecule has 0 aromatic heterocycles. The number of aldehydes is 1. The van der Waals surface area contributed by atoms with Crippen molar-refractivity contribution >= 4 is 6.29 Å². The lowest BCUT2D eigenvalue weighted by atomic mass is 10.1. The maximum absolute atomic E-state index is 9.95. The van der Waals surface area contributed by atoms with Crippen LogP contribution in [0, 0.1) is 6.92 Å². The minimum absolute atomic E-state index is 0.175. The molecular weight excluding hydrogens is 152 g/mol. The quantitative estimate of drug-likeness (QED) is 0.500. The number of rotatable bonds is 4. The van der Waals surface area contributed by atoms with Gasteiger partial charge in [-0.15, -0.1) is 0 Å².